The maximum absolute atomic E-state index is 10.5. The fourth-order valence-electron chi connectivity index (χ4n) is 2.09. The lowest BCUT2D eigenvalue weighted by molar-refractivity contribution is -0.137. The van der Waals surface area contributed by atoms with Crippen LogP contribution >= 0.6 is 0 Å². The molecule has 0 fully saturated rings. The third kappa shape index (κ3) is 3.37. The van der Waals surface area contributed by atoms with Crippen molar-refractivity contribution in [3.8, 4) is 0 Å². The molecule has 2 heteroatoms. The maximum atomic E-state index is 10.5. The van der Waals surface area contributed by atoms with Gasteiger partial charge in [0.15, 0.2) is 0 Å². The minimum Gasteiger partial charge on any atom is -0.481 e. The molecular weight excluding hydrogens is 200 g/mol. The van der Waals surface area contributed by atoms with Crippen molar-refractivity contribution in [3.05, 3.63) is 34.9 Å². The van der Waals surface area contributed by atoms with Crippen LogP contribution in [-0.4, -0.2) is 11.1 Å². The number of carboxylic acids is 1. The fraction of sp³-hybridized carbons (Fsp3) is 0.500. The zero-order chi connectivity index (χ0) is 12.0. The zero-order valence-electron chi connectivity index (χ0n) is 10.1. The summed E-state index contributed by atoms with van der Waals surface area (Å²) in [5.41, 5.74) is 4.10. The van der Waals surface area contributed by atoms with E-state index in [1.807, 2.05) is 0 Å². The minimum atomic E-state index is -0.702. The second kappa shape index (κ2) is 6.31. The number of rotatable bonds is 6. The first-order valence-corrected chi connectivity index (χ1v) is 6.00. The Kier molecular flexibility index (Phi) is 5.03. The first kappa shape index (κ1) is 12.8. The summed E-state index contributed by atoms with van der Waals surface area (Å²) in [6.07, 6.45) is 3.94. The molecule has 2 nitrogen and oxygen atoms in total. The smallest absolute Gasteiger partial charge is 0.303 e. The number of carboxylic acid groups (broad SMARTS) is 1. The van der Waals surface area contributed by atoms with Crippen LogP contribution in [0.1, 0.15) is 43.4 Å². The second-order valence-electron chi connectivity index (χ2n) is 4.01. The van der Waals surface area contributed by atoms with Gasteiger partial charge in [0.1, 0.15) is 0 Å². The van der Waals surface area contributed by atoms with Crippen LogP contribution < -0.4 is 0 Å². The summed E-state index contributed by atoms with van der Waals surface area (Å²) in [7, 11) is 0. The van der Waals surface area contributed by atoms with Gasteiger partial charge in [-0.15, -0.1) is 0 Å². The zero-order valence-corrected chi connectivity index (χ0v) is 10.1. The molecule has 1 aromatic rings. The molecule has 0 aliphatic heterocycles. The first-order valence-electron chi connectivity index (χ1n) is 6.00. The van der Waals surface area contributed by atoms with Gasteiger partial charge < -0.3 is 5.11 Å². The number of aryl methyl sites for hydroxylation is 2. The Hall–Kier alpha value is -1.31. The van der Waals surface area contributed by atoms with E-state index < -0.39 is 5.97 Å². The molecule has 0 aromatic heterocycles. The van der Waals surface area contributed by atoms with Crippen LogP contribution in [0.3, 0.4) is 0 Å². The monoisotopic (exact) mass is 220 g/mol. The van der Waals surface area contributed by atoms with E-state index in [-0.39, 0.29) is 6.42 Å². The van der Waals surface area contributed by atoms with Gasteiger partial charge in [-0.2, -0.15) is 0 Å². The molecule has 16 heavy (non-hydrogen) atoms. The van der Waals surface area contributed by atoms with Crippen LogP contribution in [0.15, 0.2) is 18.2 Å². The molecule has 0 atom stereocenters. The van der Waals surface area contributed by atoms with Crippen molar-refractivity contribution in [1.29, 1.82) is 0 Å². The average Bonchev–Trinajstić information content (AvgIpc) is 2.28. The van der Waals surface area contributed by atoms with Crippen LogP contribution in [0.25, 0.3) is 0 Å². The number of carbonyl (C=O) groups is 1. The molecule has 0 bridgehead atoms. The molecule has 0 saturated carbocycles. The summed E-state index contributed by atoms with van der Waals surface area (Å²) in [6.45, 7) is 4.30. The predicted molar refractivity (Wildman–Crippen MR) is 65.8 cm³/mol. The van der Waals surface area contributed by atoms with Crippen molar-refractivity contribution >= 4 is 5.97 Å². The Balaban J connectivity index is 2.78. The number of benzene rings is 1. The van der Waals surface area contributed by atoms with Crippen molar-refractivity contribution in [1.82, 2.24) is 0 Å². The summed E-state index contributed by atoms with van der Waals surface area (Å²) >= 11 is 0. The number of aliphatic carboxylic acids is 1. The van der Waals surface area contributed by atoms with Crippen molar-refractivity contribution in [2.24, 2.45) is 0 Å². The quantitative estimate of drug-likeness (QED) is 0.799. The van der Waals surface area contributed by atoms with E-state index in [4.69, 9.17) is 5.11 Å². The van der Waals surface area contributed by atoms with Crippen LogP contribution in [0.4, 0.5) is 0 Å². The summed E-state index contributed by atoms with van der Waals surface area (Å²) in [5, 5.41) is 8.64. The van der Waals surface area contributed by atoms with Gasteiger partial charge in [0.05, 0.1) is 0 Å². The lowest BCUT2D eigenvalue weighted by atomic mass is 9.93. The van der Waals surface area contributed by atoms with Crippen LogP contribution in [0.2, 0.25) is 0 Å². The SMILES string of the molecule is CCc1cccc(CC)c1CCCC(=O)O. The molecule has 0 heterocycles. The van der Waals surface area contributed by atoms with E-state index >= 15 is 0 Å². The van der Waals surface area contributed by atoms with Crippen molar-refractivity contribution < 1.29 is 9.90 Å². The average molecular weight is 220 g/mol. The van der Waals surface area contributed by atoms with E-state index in [0.29, 0.717) is 0 Å². The Bertz CT molecular complexity index is 334. The molecular formula is C14H20O2. The van der Waals surface area contributed by atoms with E-state index in [2.05, 4.69) is 32.0 Å². The maximum Gasteiger partial charge on any atom is 0.303 e. The van der Waals surface area contributed by atoms with Gasteiger partial charge >= 0.3 is 5.97 Å². The van der Waals surface area contributed by atoms with Gasteiger partial charge in [-0.1, -0.05) is 32.0 Å². The molecule has 1 aromatic carbocycles. The molecule has 0 aliphatic rings. The molecule has 0 aliphatic carbocycles. The molecule has 0 amide bonds. The molecule has 1 rings (SSSR count). The third-order valence-electron chi connectivity index (χ3n) is 2.95. The van der Waals surface area contributed by atoms with Gasteiger partial charge in [0, 0.05) is 6.42 Å². The van der Waals surface area contributed by atoms with E-state index in [1.165, 1.54) is 16.7 Å². The highest BCUT2D eigenvalue weighted by Gasteiger charge is 2.06. The van der Waals surface area contributed by atoms with Crippen LogP contribution in [0.5, 0.6) is 0 Å². The van der Waals surface area contributed by atoms with E-state index in [9.17, 15) is 4.79 Å². The predicted octanol–water partition coefficient (Wildman–Crippen LogP) is 3.22. The van der Waals surface area contributed by atoms with E-state index in [1.54, 1.807) is 0 Å². The molecule has 0 radical (unpaired) electrons. The molecule has 0 unspecified atom stereocenters. The minimum absolute atomic E-state index is 0.265. The summed E-state index contributed by atoms with van der Waals surface area (Å²) in [5.74, 6) is -0.702. The number of hydrogen-bond donors (Lipinski definition) is 1. The highest BCUT2D eigenvalue weighted by Crippen LogP contribution is 2.18. The van der Waals surface area contributed by atoms with Gasteiger partial charge in [-0.25, -0.2) is 0 Å². The Morgan fingerprint density at radius 2 is 1.75 bits per heavy atom. The lowest BCUT2D eigenvalue weighted by Gasteiger charge is -2.12. The highest BCUT2D eigenvalue weighted by atomic mass is 16.4. The fourth-order valence-corrected chi connectivity index (χ4v) is 2.09. The largest absolute Gasteiger partial charge is 0.481 e. The Morgan fingerprint density at radius 3 is 2.19 bits per heavy atom. The van der Waals surface area contributed by atoms with E-state index in [0.717, 1.165) is 25.7 Å². The van der Waals surface area contributed by atoms with Gasteiger partial charge in [0.25, 0.3) is 0 Å². The topological polar surface area (TPSA) is 37.3 Å². The Labute approximate surface area is 97.3 Å². The molecule has 0 saturated heterocycles. The van der Waals surface area contributed by atoms with Crippen molar-refractivity contribution in [2.45, 2.75) is 46.0 Å². The van der Waals surface area contributed by atoms with Gasteiger partial charge in [-0.05, 0) is 42.4 Å². The summed E-state index contributed by atoms with van der Waals surface area (Å²) in [4.78, 5) is 10.5. The second-order valence-corrected chi connectivity index (χ2v) is 4.01. The first-order chi connectivity index (χ1) is 7.69. The lowest BCUT2D eigenvalue weighted by Crippen LogP contribution is -2.01. The molecule has 0 spiro atoms. The Morgan fingerprint density at radius 1 is 1.19 bits per heavy atom. The normalized spacial score (nSPS) is 10.4. The summed E-state index contributed by atoms with van der Waals surface area (Å²) in [6, 6.07) is 6.39. The van der Waals surface area contributed by atoms with Crippen LogP contribution in [0, 0.1) is 0 Å². The molecule has 1 N–H and O–H groups in total. The van der Waals surface area contributed by atoms with Crippen LogP contribution in [-0.2, 0) is 24.1 Å². The van der Waals surface area contributed by atoms with Crippen molar-refractivity contribution in [2.75, 3.05) is 0 Å². The number of hydrogen-bond acceptors (Lipinski definition) is 1. The summed E-state index contributed by atoms with van der Waals surface area (Å²) < 4.78 is 0. The third-order valence-corrected chi connectivity index (χ3v) is 2.95. The van der Waals surface area contributed by atoms with Crippen molar-refractivity contribution in [3.63, 3.8) is 0 Å². The standard InChI is InChI=1S/C14H20O2/c1-3-11-7-5-8-12(4-2)13(11)9-6-10-14(15)16/h5,7-8H,3-4,6,9-10H2,1-2H3,(H,15,16). The van der Waals surface area contributed by atoms with Gasteiger partial charge in [-0.3, -0.25) is 4.79 Å². The highest BCUT2D eigenvalue weighted by molar-refractivity contribution is 5.66. The molecule has 88 valence electrons. The van der Waals surface area contributed by atoms with Gasteiger partial charge in [0.2, 0.25) is 0 Å².